The van der Waals surface area contributed by atoms with E-state index in [1.807, 2.05) is 6.07 Å². The van der Waals surface area contributed by atoms with Crippen LogP contribution in [0.2, 0.25) is 0 Å². The van der Waals surface area contributed by atoms with Gasteiger partial charge in [0.1, 0.15) is 41.4 Å². The van der Waals surface area contributed by atoms with Gasteiger partial charge in [0.25, 0.3) is 5.91 Å². The van der Waals surface area contributed by atoms with Crippen molar-refractivity contribution in [2.75, 3.05) is 6.61 Å². The first-order valence-electron chi connectivity index (χ1n) is 8.07. The van der Waals surface area contributed by atoms with E-state index in [1.54, 1.807) is 31.2 Å². The average molecular weight is 364 g/mol. The molecule has 9 heteroatoms. The lowest BCUT2D eigenvalue weighted by Gasteiger charge is -2.40. The predicted octanol–water partition coefficient (Wildman–Crippen LogP) is -0.820. The summed E-state index contributed by atoms with van der Waals surface area (Å²) in [5.41, 5.74) is 1.13. The summed E-state index contributed by atoms with van der Waals surface area (Å²) in [5.74, 6) is -0.389. The van der Waals surface area contributed by atoms with Crippen LogP contribution in [0.25, 0.3) is 11.3 Å². The number of aromatic nitrogens is 1. The Morgan fingerprint density at radius 2 is 1.88 bits per heavy atom. The largest absolute Gasteiger partial charge is 0.394 e. The number of carbonyl (C=O) groups is 1. The number of aryl methyl sites for hydroxylation is 1. The van der Waals surface area contributed by atoms with Gasteiger partial charge in [-0.15, -0.1) is 0 Å². The number of benzene rings is 1. The Bertz CT molecular complexity index is 764. The average Bonchev–Trinajstić information content (AvgIpc) is 3.04. The third-order valence-electron chi connectivity index (χ3n) is 4.33. The van der Waals surface area contributed by atoms with Crippen molar-refractivity contribution >= 4 is 5.91 Å². The molecule has 1 amide bonds. The van der Waals surface area contributed by atoms with E-state index in [1.165, 1.54) is 0 Å². The molecule has 3 rings (SSSR count). The van der Waals surface area contributed by atoms with Crippen LogP contribution in [0, 0.1) is 6.92 Å². The van der Waals surface area contributed by atoms with Crippen LogP contribution in [-0.2, 0) is 4.74 Å². The van der Waals surface area contributed by atoms with Crippen LogP contribution in [0.1, 0.15) is 16.1 Å². The number of hydrogen-bond acceptors (Lipinski definition) is 8. The molecule has 0 spiro atoms. The minimum absolute atomic E-state index is 0.148. The van der Waals surface area contributed by atoms with Gasteiger partial charge in [0.2, 0.25) is 0 Å². The summed E-state index contributed by atoms with van der Waals surface area (Å²) in [5, 5.41) is 45.5. The van der Waals surface area contributed by atoms with Crippen LogP contribution in [0.4, 0.5) is 0 Å². The van der Waals surface area contributed by atoms with Crippen LogP contribution >= 0.6 is 0 Å². The van der Waals surface area contributed by atoms with Gasteiger partial charge in [0, 0.05) is 5.56 Å². The number of nitrogens with zero attached hydrogens (tertiary/aromatic N) is 1. The molecule has 140 valence electrons. The van der Waals surface area contributed by atoms with Gasteiger partial charge in [0.05, 0.1) is 6.61 Å². The standard InChI is InChI=1S/C17H20N2O7/c1-8-11(12(19-26-8)9-5-3-2-4-6-9)16(23)18-13-15(22)14(21)10(7-20)25-17(13)24/h2-6,10,13-15,17,20-22,24H,7H2,1H3,(H,18,23)/t10-,13-,14-,15-,17?/m1/s1. The fourth-order valence-electron chi connectivity index (χ4n) is 2.91. The van der Waals surface area contributed by atoms with Crippen LogP contribution in [0.5, 0.6) is 0 Å². The zero-order chi connectivity index (χ0) is 18.8. The first-order valence-corrected chi connectivity index (χ1v) is 8.07. The monoisotopic (exact) mass is 364 g/mol. The highest BCUT2D eigenvalue weighted by molar-refractivity contribution is 6.01. The molecule has 5 N–H and O–H groups in total. The summed E-state index contributed by atoms with van der Waals surface area (Å²) in [6.07, 6.45) is -5.74. The van der Waals surface area contributed by atoms with E-state index in [9.17, 15) is 20.1 Å². The maximum atomic E-state index is 12.7. The van der Waals surface area contributed by atoms with Gasteiger partial charge < -0.3 is 35.0 Å². The first kappa shape index (κ1) is 18.5. The Hall–Kier alpha value is -2.30. The van der Waals surface area contributed by atoms with Crippen molar-refractivity contribution in [2.45, 2.75) is 37.6 Å². The lowest BCUT2D eigenvalue weighted by atomic mass is 9.96. The Labute approximate surface area is 148 Å². The molecule has 1 aliphatic heterocycles. The van der Waals surface area contributed by atoms with Crippen molar-refractivity contribution in [3.8, 4) is 11.3 Å². The summed E-state index contributed by atoms with van der Waals surface area (Å²) < 4.78 is 10.2. The maximum absolute atomic E-state index is 12.7. The lowest BCUT2D eigenvalue weighted by molar-refractivity contribution is -0.252. The van der Waals surface area contributed by atoms with Crippen molar-refractivity contribution < 1.29 is 34.5 Å². The van der Waals surface area contributed by atoms with Gasteiger partial charge in [-0.25, -0.2) is 0 Å². The fourth-order valence-corrected chi connectivity index (χ4v) is 2.91. The summed E-state index contributed by atoms with van der Waals surface area (Å²) in [7, 11) is 0. The minimum atomic E-state index is -1.60. The van der Waals surface area contributed by atoms with E-state index in [4.69, 9.17) is 14.4 Å². The van der Waals surface area contributed by atoms with E-state index in [0.717, 1.165) is 0 Å². The molecule has 0 saturated carbocycles. The van der Waals surface area contributed by atoms with Crippen molar-refractivity contribution in [3.05, 3.63) is 41.7 Å². The predicted molar refractivity (Wildman–Crippen MR) is 87.9 cm³/mol. The van der Waals surface area contributed by atoms with Crippen LogP contribution in [-0.4, -0.2) is 68.7 Å². The number of rotatable bonds is 4. The topological polar surface area (TPSA) is 145 Å². The van der Waals surface area contributed by atoms with Crippen LogP contribution in [0.3, 0.4) is 0 Å². The van der Waals surface area contributed by atoms with Gasteiger partial charge in [-0.05, 0) is 6.92 Å². The molecule has 9 nitrogen and oxygen atoms in total. The molecule has 0 radical (unpaired) electrons. The number of amides is 1. The Kier molecular flexibility index (Phi) is 5.35. The van der Waals surface area contributed by atoms with Crippen molar-refractivity contribution in [1.82, 2.24) is 10.5 Å². The Morgan fingerprint density at radius 1 is 1.19 bits per heavy atom. The van der Waals surface area contributed by atoms with E-state index >= 15 is 0 Å². The highest BCUT2D eigenvalue weighted by Crippen LogP contribution is 2.26. The molecule has 0 bridgehead atoms. The second-order valence-corrected chi connectivity index (χ2v) is 6.06. The Balaban J connectivity index is 1.84. The molecule has 1 aromatic carbocycles. The summed E-state index contributed by atoms with van der Waals surface area (Å²) in [6, 6.07) is 7.62. The molecule has 0 aliphatic carbocycles. The van der Waals surface area contributed by atoms with E-state index < -0.39 is 43.2 Å². The highest BCUT2D eigenvalue weighted by Gasteiger charge is 2.44. The smallest absolute Gasteiger partial charge is 0.257 e. The first-order chi connectivity index (χ1) is 12.4. The van der Waals surface area contributed by atoms with Crippen LogP contribution in [0.15, 0.2) is 34.9 Å². The molecule has 5 atom stereocenters. The van der Waals surface area contributed by atoms with Crippen molar-refractivity contribution in [3.63, 3.8) is 0 Å². The fraction of sp³-hybridized carbons (Fsp3) is 0.412. The zero-order valence-corrected chi connectivity index (χ0v) is 13.9. The maximum Gasteiger partial charge on any atom is 0.257 e. The minimum Gasteiger partial charge on any atom is -0.394 e. The van der Waals surface area contributed by atoms with E-state index in [2.05, 4.69) is 10.5 Å². The number of carbonyl (C=O) groups excluding carboxylic acids is 1. The van der Waals surface area contributed by atoms with Gasteiger partial charge in [-0.2, -0.15) is 0 Å². The zero-order valence-electron chi connectivity index (χ0n) is 13.9. The third-order valence-corrected chi connectivity index (χ3v) is 4.33. The molecule has 2 aromatic rings. The number of ether oxygens (including phenoxy) is 1. The van der Waals surface area contributed by atoms with Crippen molar-refractivity contribution in [2.24, 2.45) is 0 Å². The molecule has 1 unspecified atom stereocenters. The lowest BCUT2D eigenvalue weighted by Crippen LogP contribution is -2.64. The third kappa shape index (κ3) is 3.35. The van der Waals surface area contributed by atoms with Gasteiger partial charge in [-0.1, -0.05) is 35.5 Å². The van der Waals surface area contributed by atoms with Crippen molar-refractivity contribution in [1.29, 1.82) is 0 Å². The molecule has 1 aromatic heterocycles. The summed E-state index contributed by atoms with van der Waals surface area (Å²) >= 11 is 0. The molecule has 1 aliphatic rings. The second-order valence-electron chi connectivity index (χ2n) is 6.06. The number of nitrogens with one attached hydrogen (secondary N) is 1. The number of aliphatic hydroxyl groups excluding tert-OH is 4. The van der Waals surface area contributed by atoms with Gasteiger partial charge in [-0.3, -0.25) is 4.79 Å². The summed E-state index contributed by atoms with van der Waals surface area (Å²) in [6.45, 7) is 0.980. The Morgan fingerprint density at radius 3 is 2.54 bits per heavy atom. The molecule has 1 fully saturated rings. The normalized spacial score (nSPS) is 28.7. The molecule has 1 saturated heterocycles. The van der Waals surface area contributed by atoms with E-state index in [-0.39, 0.29) is 11.3 Å². The molecule has 2 heterocycles. The number of hydrogen-bond donors (Lipinski definition) is 5. The van der Waals surface area contributed by atoms with Gasteiger partial charge >= 0.3 is 0 Å². The number of aliphatic hydroxyl groups is 4. The van der Waals surface area contributed by atoms with Crippen LogP contribution < -0.4 is 5.32 Å². The van der Waals surface area contributed by atoms with E-state index in [0.29, 0.717) is 11.3 Å². The SMILES string of the molecule is Cc1onc(-c2ccccc2)c1C(=O)N[C@H]1C(O)O[C@H](CO)[C@@H](O)[C@@H]1O. The quantitative estimate of drug-likeness (QED) is 0.473. The molecular formula is C17H20N2O7. The second kappa shape index (κ2) is 7.52. The highest BCUT2D eigenvalue weighted by atomic mass is 16.6. The summed E-state index contributed by atoms with van der Waals surface area (Å²) in [4.78, 5) is 12.7. The van der Waals surface area contributed by atoms with Gasteiger partial charge in [0.15, 0.2) is 6.29 Å². The molecular weight excluding hydrogens is 344 g/mol. The molecule has 26 heavy (non-hydrogen) atoms.